The van der Waals surface area contributed by atoms with E-state index in [9.17, 15) is 0 Å². The average molecular weight is 138 g/mol. The van der Waals surface area contributed by atoms with E-state index in [1.165, 1.54) is 5.70 Å². The Bertz CT molecular complexity index is 157. The normalized spacial score (nSPS) is 16.9. The fourth-order valence-corrected chi connectivity index (χ4v) is 0.950. The summed E-state index contributed by atoms with van der Waals surface area (Å²) in [5.41, 5.74) is 1.30. The van der Waals surface area contributed by atoms with Gasteiger partial charge in [0, 0.05) is 18.8 Å². The molecule has 0 spiro atoms. The van der Waals surface area contributed by atoms with E-state index >= 15 is 0 Å². The van der Waals surface area contributed by atoms with Crippen LogP contribution in [0.1, 0.15) is 0 Å². The molecule has 1 N–H and O–H groups in total. The third-order valence-corrected chi connectivity index (χ3v) is 1.37. The highest BCUT2D eigenvalue weighted by Crippen LogP contribution is 1.96. The van der Waals surface area contributed by atoms with Crippen LogP contribution in [0.15, 0.2) is 23.9 Å². The van der Waals surface area contributed by atoms with Gasteiger partial charge in [-0.1, -0.05) is 12.2 Å². The second-order valence-corrected chi connectivity index (χ2v) is 2.74. The van der Waals surface area contributed by atoms with E-state index in [0.29, 0.717) is 0 Å². The van der Waals surface area contributed by atoms with Crippen molar-refractivity contribution in [2.24, 2.45) is 0 Å². The Labute approximate surface area is 62.2 Å². The summed E-state index contributed by atoms with van der Waals surface area (Å²) in [6.07, 6.45) is 6.32. The summed E-state index contributed by atoms with van der Waals surface area (Å²) < 4.78 is 0. The van der Waals surface area contributed by atoms with Crippen LogP contribution in [0.25, 0.3) is 0 Å². The summed E-state index contributed by atoms with van der Waals surface area (Å²) >= 11 is 0. The van der Waals surface area contributed by atoms with Gasteiger partial charge in [-0.3, -0.25) is 0 Å². The van der Waals surface area contributed by atoms with E-state index in [0.717, 1.165) is 13.1 Å². The number of nitrogens with one attached hydrogen (secondary N) is 1. The number of hydrogen-bond acceptors (Lipinski definition) is 2. The molecule has 0 bridgehead atoms. The zero-order chi connectivity index (χ0) is 7.40. The maximum absolute atomic E-state index is 3.28. The van der Waals surface area contributed by atoms with Gasteiger partial charge in [-0.15, -0.1) is 0 Å². The molecule has 0 aliphatic carbocycles. The highest BCUT2D eigenvalue weighted by molar-refractivity contribution is 5.17. The van der Waals surface area contributed by atoms with Gasteiger partial charge in [0.15, 0.2) is 0 Å². The van der Waals surface area contributed by atoms with Gasteiger partial charge in [-0.05, 0) is 20.2 Å². The lowest BCUT2D eigenvalue weighted by Crippen LogP contribution is -2.25. The van der Waals surface area contributed by atoms with Crippen LogP contribution < -0.4 is 5.32 Å². The summed E-state index contributed by atoms with van der Waals surface area (Å²) in [6.45, 7) is 1.98. The van der Waals surface area contributed by atoms with Gasteiger partial charge in [0.2, 0.25) is 0 Å². The van der Waals surface area contributed by atoms with Gasteiger partial charge in [0.05, 0.1) is 0 Å². The first-order chi connectivity index (χ1) is 4.79. The monoisotopic (exact) mass is 138 g/mol. The van der Waals surface area contributed by atoms with Crippen molar-refractivity contribution in [3.8, 4) is 0 Å². The molecule has 0 aromatic rings. The number of likely N-dealkylation sites (N-methyl/N-ethyl adjacent to an activating group) is 1. The molecule has 0 saturated carbocycles. The zero-order valence-corrected chi connectivity index (χ0v) is 6.59. The molecule has 0 aromatic carbocycles. The first-order valence-corrected chi connectivity index (χ1v) is 3.53. The standard InChI is InChI=1S/C8H14N2/c1-10(2)7-8-5-3-4-6-9-8/h3-5,9H,6-7H2,1-2H3. The SMILES string of the molecule is CN(C)CC1=CC=CCN1. The van der Waals surface area contributed by atoms with Crippen molar-refractivity contribution in [3.63, 3.8) is 0 Å². The maximum Gasteiger partial charge on any atom is 0.0375 e. The molecule has 2 nitrogen and oxygen atoms in total. The van der Waals surface area contributed by atoms with Crippen molar-refractivity contribution in [1.29, 1.82) is 0 Å². The van der Waals surface area contributed by atoms with Gasteiger partial charge in [-0.25, -0.2) is 0 Å². The average Bonchev–Trinajstić information content (AvgIpc) is 1.88. The molecule has 0 radical (unpaired) electrons. The summed E-state index contributed by atoms with van der Waals surface area (Å²) in [5.74, 6) is 0. The van der Waals surface area contributed by atoms with Crippen LogP contribution in [0.2, 0.25) is 0 Å². The predicted octanol–water partition coefficient (Wildman–Crippen LogP) is 0.591. The molecule has 1 rings (SSSR count). The van der Waals surface area contributed by atoms with Crippen molar-refractivity contribution >= 4 is 0 Å². The second-order valence-electron chi connectivity index (χ2n) is 2.74. The molecule has 0 amide bonds. The van der Waals surface area contributed by atoms with Gasteiger partial charge < -0.3 is 10.2 Å². The van der Waals surface area contributed by atoms with E-state index in [-0.39, 0.29) is 0 Å². The molecule has 0 atom stereocenters. The van der Waals surface area contributed by atoms with Crippen LogP contribution in [0.5, 0.6) is 0 Å². The van der Waals surface area contributed by atoms with Crippen LogP contribution in [0.4, 0.5) is 0 Å². The predicted molar refractivity (Wildman–Crippen MR) is 43.8 cm³/mol. The molecular formula is C8H14N2. The Morgan fingerprint density at radius 2 is 2.40 bits per heavy atom. The highest BCUT2D eigenvalue weighted by atomic mass is 15.1. The smallest absolute Gasteiger partial charge is 0.0375 e. The van der Waals surface area contributed by atoms with Crippen molar-refractivity contribution in [2.45, 2.75) is 0 Å². The molecule has 1 aliphatic heterocycles. The minimum absolute atomic E-state index is 0.972. The van der Waals surface area contributed by atoms with Gasteiger partial charge in [-0.2, -0.15) is 0 Å². The molecule has 1 aliphatic rings. The quantitative estimate of drug-likeness (QED) is 0.601. The topological polar surface area (TPSA) is 15.3 Å². The highest BCUT2D eigenvalue weighted by Gasteiger charge is 1.97. The minimum Gasteiger partial charge on any atom is -0.384 e. The van der Waals surface area contributed by atoms with Crippen LogP contribution in [0, 0.1) is 0 Å². The summed E-state index contributed by atoms with van der Waals surface area (Å²) in [6, 6.07) is 0. The Kier molecular flexibility index (Phi) is 2.51. The Hall–Kier alpha value is -0.760. The van der Waals surface area contributed by atoms with Crippen molar-refractivity contribution in [1.82, 2.24) is 10.2 Å². The second kappa shape index (κ2) is 3.42. The number of hydrogen-bond donors (Lipinski definition) is 1. The number of dihydropyridines is 1. The van der Waals surface area contributed by atoms with Crippen molar-refractivity contribution in [3.05, 3.63) is 23.9 Å². The summed E-state index contributed by atoms with van der Waals surface area (Å²) in [7, 11) is 4.14. The van der Waals surface area contributed by atoms with Crippen LogP contribution >= 0.6 is 0 Å². The molecule has 0 saturated heterocycles. The fourth-order valence-electron chi connectivity index (χ4n) is 0.950. The van der Waals surface area contributed by atoms with E-state index in [1.54, 1.807) is 0 Å². The van der Waals surface area contributed by atoms with E-state index in [4.69, 9.17) is 0 Å². The zero-order valence-electron chi connectivity index (χ0n) is 6.59. The largest absolute Gasteiger partial charge is 0.384 e. The van der Waals surface area contributed by atoms with Gasteiger partial charge in [0.25, 0.3) is 0 Å². The molecule has 0 unspecified atom stereocenters. The fraction of sp³-hybridized carbons (Fsp3) is 0.500. The lowest BCUT2D eigenvalue weighted by atomic mass is 10.3. The third-order valence-electron chi connectivity index (χ3n) is 1.37. The molecule has 1 heterocycles. The Balaban J connectivity index is 2.39. The van der Waals surface area contributed by atoms with Gasteiger partial charge in [0.1, 0.15) is 0 Å². The number of nitrogens with zero attached hydrogens (tertiary/aromatic N) is 1. The van der Waals surface area contributed by atoms with E-state index in [1.807, 2.05) is 0 Å². The van der Waals surface area contributed by atoms with Crippen molar-refractivity contribution < 1.29 is 0 Å². The molecule has 56 valence electrons. The van der Waals surface area contributed by atoms with Crippen LogP contribution in [0.3, 0.4) is 0 Å². The molecule has 0 fully saturated rings. The van der Waals surface area contributed by atoms with Crippen LogP contribution in [-0.4, -0.2) is 32.1 Å². The third kappa shape index (κ3) is 2.23. The molecule has 2 heteroatoms. The summed E-state index contributed by atoms with van der Waals surface area (Å²) in [4.78, 5) is 2.15. The van der Waals surface area contributed by atoms with E-state index in [2.05, 4.69) is 42.5 Å². The first kappa shape index (κ1) is 7.35. The first-order valence-electron chi connectivity index (χ1n) is 3.53. The Morgan fingerprint density at radius 3 is 2.90 bits per heavy atom. The lowest BCUT2D eigenvalue weighted by Gasteiger charge is -2.15. The van der Waals surface area contributed by atoms with Crippen molar-refractivity contribution in [2.75, 3.05) is 27.2 Å². The molecular weight excluding hydrogens is 124 g/mol. The van der Waals surface area contributed by atoms with E-state index < -0.39 is 0 Å². The number of rotatable bonds is 2. The Morgan fingerprint density at radius 1 is 1.60 bits per heavy atom. The minimum atomic E-state index is 0.972. The number of allylic oxidation sites excluding steroid dienone is 2. The lowest BCUT2D eigenvalue weighted by molar-refractivity contribution is 0.434. The van der Waals surface area contributed by atoms with Gasteiger partial charge >= 0.3 is 0 Å². The molecule has 10 heavy (non-hydrogen) atoms. The van der Waals surface area contributed by atoms with Crippen LogP contribution in [-0.2, 0) is 0 Å². The molecule has 0 aromatic heterocycles. The summed E-state index contributed by atoms with van der Waals surface area (Å²) in [5, 5.41) is 3.28. The maximum atomic E-state index is 3.28.